The van der Waals surface area contributed by atoms with Crippen molar-refractivity contribution in [2.75, 3.05) is 0 Å². The van der Waals surface area contributed by atoms with Crippen molar-refractivity contribution in [3.63, 3.8) is 0 Å². The smallest absolute Gasteiger partial charge is 0.449 e. The topological polar surface area (TPSA) is 46.5 Å². The van der Waals surface area contributed by atoms with Gasteiger partial charge in [-0.2, -0.15) is 0 Å². The summed E-state index contributed by atoms with van der Waals surface area (Å²) in [5.41, 5.74) is 0. The summed E-state index contributed by atoms with van der Waals surface area (Å²) in [6, 6.07) is 6.37. The van der Waals surface area contributed by atoms with E-state index < -0.39 is 6.16 Å². The fourth-order valence-electron chi connectivity index (χ4n) is 0.622. The molecule has 0 saturated heterocycles. The Morgan fingerprint density at radius 2 is 2.00 bits per heavy atom. The lowest BCUT2D eigenvalue weighted by atomic mass is 10.3. The molecule has 0 bridgehead atoms. The van der Waals surface area contributed by atoms with Gasteiger partial charge in [0.15, 0.2) is 5.75 Å². The van der Waals surface area contributed by atoms with Gasteiger partial charge in [0.1, 0.15) is 0 Å². The first-order chi connectivity index (χ1) is 5.20. The first-order valence-corrected chi connectivity index (χ1v) is 3.23. The first kappa shape index (κ1) is 11.1. The Morgan fingerprint density at radius 1 is 1.42 bits per heavy atom. The highest BCUT2D eigenvalue weighted by molar-refractivity contribution is 6.32. The van der Waals surface area contributed by atoms with Crippen LogP contribution in [0.1, 0.15) is 0 Å². The zero-order chi connectivity index (χ0) is 8.27. The molecule has 0 heterocycles. The summed E-state index contributed by atoms with van der Waals surface area (Å²) in [7, 11) is 0. The number of para-hydroxylation sites is 1. The number of carbonyl (C=O) groups is 1. The lowest BCUT2D eigenvalue weighted by molar-refractivity contribution is 0.144. The highest BCUT2D eigenvalue weighted by Crippen LogP contribution is 2.22. The Bertz CT molecular complexity index is 275. The van der Waals surface area contributed by atoms with E-state index in [9.17, 15) is 4.79 Å². The molecule has 12 heavy (non-hydrogen) atoms. The van der Waals surface area contributed by atoms with Gasteiger partial charge in [-0.15, -0.1) is 12.4 Å². The van der Waals surface area contributed by atoms with Gasteiger partial charge in [0.2, 0.25) is 0 Å². The first-order valence-electron chi connectivity index (χ1n) is 2.85. The van der Waals surface area contributed by atoms with E-state index in [2.05, 4.69) is 4.74 Å². The molecule has 1 N–H and O–H groups in total. The molecule has 1 aromatic rings. The van der Waals surface area contributed by atoms with E-state index in [1.165, 1.54) is 6.07 Å². The van der Waals surface area contributed by atoms with Gasteiger partial charge < -0.3 is 9.84 Å². The monoisotopic (exact) mass is 208 g/mol. The molecule has 0 fully saturated rings. The number of rotatable bonds is 1. The summed E-state index contributed by atoms with van der Waals surface area (Å²) < 4.78 is 4.33. The van der Waals surface area contributed by atoms with Crippen molar-refractivity contribution in [1.29, 1.82) is 0 Å². The maximum absolute atomic E-state index is 10.0. The van der Waals surface area contributed by atoms with E-state index in [4.69, 9.17) is 16.7 Å². The van der Waals surface area contributed by atoms with Crippen molar-refractivity contribution in [2.24, 2.45) is 0 Å². The standard InChI is InChI=1S/C7H5ClO3.ClH/c8-5-3-1-2-4-6(5)11-7(9)10;/h1-4H,(H,9,10);1H. The third kappa shape index (κ3) is 2.98. The highest BCUT2D eigenvalue weighted by atomic mass is 35.5. The van der Waals surface area contributed by atoms with Crippen molar-refractivity contribution in [3.05, 3.63) is 29.3 Å². The molecule has 0 radical (unpaired) electrons. The van der Waals surface area contributed by atoms with Gasteiger partial charge in [0.05, 0.1) is 5.02 Å². The van der Waals surface area contributed by atoms with Gasteiger partial charge in [0, 0.05) is 0 Å². The van der Waals surface area contributed by atoms with Crippen LogP contribution in [-0.2, 0) is 0 Å². The third-order valence-electron chi connectivity index (χ3n) is 1.03. The largest absolute Gasteiger partial charge is 0.511 e. The van der Waals surface area contributed by atoms with E-state index in [1.54, 1.807) is 18.2 Å². The molecule has 0 atom stereocenters. The fraction of sp³-hybridized carbons (Fsp3) is 0. The Balaban J connectivity index is 0.00000121. The van der Waals surface area contributed by atoms with Crippen LogP contribution in [0.4, 0.5) is 4.79 Å². The molecule has 0 spiro atoms. The summed E-state index contributed by atoms with van der Waals surface area (Å²) in [6.07, 6.45) is -1.36. The summed E-state index contributed by atoms with van der Waals surface area (Å²) >= 11 is 5.58. The summed E-state index contributed by atoms with van der Waals surface area (Å²) in [5, 5.41) is 8.50. The van der Waals surface area contributed by atoms with E-state index in [0.29, 0.717) is 0 Å². The molecule has 0 saturated carbocycles. The predicted octanol–water partition coefficient (Wildman–Crippen LogP) is 2.82. The lowest BCUT2D eigenvalue weighted by Crippen LogP contribution is -2.02. The molecule has 0 amide bonds. The zero-order valence-electron chi connectivity index (χ0n) is 5.86. The highest BCUT2D eigenvalue weighted by Gasteiger charge is 2.03. The maximum atomic E-state index is 10.0. The van der Waals surface area contributed by atoms with Gasteiger partial charge in [-0.25, -0.2) is 4.79 Å². The molecule has 0 aliphatic rings. The van der Waals surface area contributed by atoms with Gasteiger partial charge in [-0.3, -0.25) is 0 Å². The number of benzene rings is 1. The number of halogens is 2. The molecule has 5 heteroatoms. The van der Waals surface area contributed by atoms with Crippen molar-refractivity contribution in [3.8, 4) is 5.75 Å². The predicted molar refractivity (Wildman–Crippen MR) is 47.4 cm³/mol. The Morgan fingerprint density at radius 3 is 2.50 bits per heavy atom. The van der Waals surface area contributed by atoms with E-state index in [0.717, 1.165) is 0 Å². The average molecular weight is 209 g/mol. The normalized spacial score (nSPS) is 8.42. The van der Waals surface area contributed by atoms with Gasteiger partial charge in [0.25, 0.3) is 0 Å². The maximum Gasteiger partial charge on any atom is 0.511 e. The Kier molecular flexibility index (Phi) is 4.47. The summed E-state index contributed by atoms with van der Waals surface area (Å²) in [6.45, 7) is 0. The van der Waals surface area contributed by atoms with Gasteiger partial charge in [-0.1, -0.05) is 23.7 Å². The Labute approximate surface area is 80.3 Å². The molecular weight excluding hydrogens is 203 g/mol. The average Bonchev–Trinajstić information content (AvgIpc) is 1.93. The van der Waals surface area contributed by atoms with Crippen LogP contribution in [0.3, 0.4) is 0 Å². The van der Waals surface area contributed by atoms with Crippen molar-refractivity contribution < 1.29 is 14.6 Å². The number of ether oxygens (including phenoxy) is 1. The van der Waals surface area contributed by atoms with Crippen LogP contribution in [0.5, 0.6) is 5.75 Å². The van der Waals surface area contributed by atoms with Gasteiger partial charge in [-0.05, 0) is 12.1 Å². The molecule has 1 aromatic carbocycles. The van der Waals surface area contributed by atoms with Gasteiger partial charge >= 0.3 is 6.16 Å². The van der Waals surface area contributed by atoms with Crippen LogP contribution in [-0.4, -0.2) is 11.3 Å². The van der Waals surface area contributed by atoms with Crippen LogP contribution < -0.4 is 4.74 Å². The minimum absolute atomic E-state index is 0. The molecule has 1 rings (SSSR count). The molecule has 3 nitrogen and oxygen atoms in total. The second-order valence-corrected chi connectivity index (χ2v) is 2.21. The Hall–Kier alpha value is -0.930. The second-order valence-electron chi connectivity index (χ2n) is 1.80. The fourth-order valence-corrected chi connectivity index (χ4v) is 0.796. The summed E-state index contributed by atoms with van der Waals surface area (Å²) in [4.78, 5) is 10.0. The quantitative estimate of drug-likeness (QED) is 0.571. The van der Waals surface area contributed by atoms with E-state index in [-0.39, 0.29) is 23.2 Å². The lowest BCUT2D eigenvalue weighted by Gasteiger charge is -1.99. The minimum Gasteiger partial charge on any atom is -0.449 e. The number of carboxylic acid groups (broad SMARTS) is 1. The molecular formula is C7H6Cl2O3. The van der Waals surface area contributed by atoms with Crippen LogP contribution in [0, 0.1) is 0 Å². The number of hydrogen-bond donors (Lipinski definition) is 1. The van der Waals surface area contributed by atoms with Crippen molar-refractivity contribution in [1.82, 2.24) is 0 Å². The van der Waals surface area contributed by atoms with Crippen molar-refractivity contribution in [2.45, 2.75) is 0 Å². The molecule has 0 aliphatic heterocycles. The molecule has 0 unspecified atom stereocenters. The zero-order valence-corrected chi connectivity index (χ0v) is 7.43. The SMILES string of the molecule is Cl.O=C(O)Oc1ccccc1Cl. The summed E-state index contributed by atoms with van der Waals surface area (Å²) in [5.74, 6) is 0.154. The number of hydrogen-bond acceptors (Lipinski definition) is 2. The minimum atomic E-state index is -1.36. The molecule has 0 aromatic heterocycles. The molecule has 0 aliphatic carbocycles. The molecule has 66 valence electrons. The van der Waals surface area contributed by atoms with E-state index in [1.807, 2.05) is 0 Å². The van der Waals surface area contributed by atoms with Crippen LogP contribution in [0.15, 0.2) is 24.3 Å². The van der Waals surface area contributed by atoms with E-state index >= 15 is 0 Å². The second kappa shape index (κ2) is 4.85. The van der Waals surface area contributed by atoms with Crippen LogP contribution >= 0.6 is 24.0 Å². The third-order valence-corrected chi connectivity index (χ3v) is 1.35. The van der Waals surface area contributed by atoms with Crippen molar-refractivity contribution >= 4 is 30.2 Å². The van der Waals surface area contributed by atoms with Crippen LogP contribution in [0.2, 0.25) is 5.02 Å². The van der Waals surface area contributed by atoms with Crippen LogP contribution in [0.25, 0.3) is 0 Å².